The molecule has 0 aliphatic heterocycles. The van der Waals surface area contributed by atoms with E-state index in [1.807, 2.05) is 31.7 Å². The zero-order chi connectivity index (χ0) is 14.4. The number of hydrogen-bond donors (Lipinski definition) is 2. The lowest BCUT2D eigenvalue weighted by Crippen LogP contribution is -2.40. The summed E-state index contributed by atoms with van der Waals surface area (Å²) in [4.78, 5) is 18.0. The van der Waals surface area contributed by atoms with Crippen molar-refractivity contribution in [1.29, 1.82) is 0 Å². The molecule has 0 aliphatic carbocycles. The molecule has 1 aromatic rings. The van der Waals surface area contributed by atoms with E-state index in [2.05, 4.69) is 10.3 Å². The third kappa shape index (κ3) is 4.52. The van der Waals surface area contributed by atoms with Crippen LogP contribution in [0.1, 0.15) is 39.4 Å². The molecule has 1 atom stereocenters. The Morgan fingerprint density at radius 3 is 2.68 bits per heavy atom. The molecule has 0 aliphatic rings. The van der Waals surface area contributed by atoms with Gasteiger partial charge in [-0.15, -0.1) is 0 Å². The van der Waals surface area contributed by atoms with Crippen molar-refractivity contribution in [2.24, 2.45) is 0 Å². The number of rotatable bonds is 6. The molecule has 2 N–H and O–H groups in total. The van der Waals surface area contributed by atoms with E-state index in [1.165, 1.54) is 0 Å². The lowest BCUT2D eigenvalue weighted by Gasteiger charge is -2.25. The summed E-state index contributed by atoms with van der Waals surface area (Å²) in [6, 6.07) is 3.73. The zero-order valence-electron chi connectivity index (χ0n) is 12.1. The van der Waals surface area contributed by atoms with Crippen LogP contribution in [-0.4, -0.2) is 35.1 Å². The van der Waals surface area contributed by atoms with E-state index in [4.69, 9.17) is 0 Å². The molecule has 1 amide bonds. The van der Waals surface area contributed by atoms with Crippen LogP contribution in [0.4, 0.5) is 5.82 Å². The Morgan fingerprint density at radius 1 is 1.47 bits per heavy atom. The molecule has 5 nitrogen and oxygen atoms in total. The summed E-state index contributed by atoms with van der Waals surface area (Å²) in [6.07, 6.45) is 1.07. The average Bonchev–Trinajstić information content (AvgIpc) is 2.35. The fourth-order valence-electron chi connectivity index (χ4n) is 1.88. The number of aromatic nitrogens is 1. The molecule has 0 radical (unpaired) electrons. The van der Waals surface area contributed by atoms with Crippen LogP contribution < -0.4 is 10.2 Å². The van der Waals surface area contributed by atoms with Gasteiger partial charge in [-0.1, -0.05) is 6.07 Å². The van der Waals surface area contributed by atoms with Crippen LogP contribution in [0.15, 0.2) is 18.3 Å². The van der Waals surface area contributed by atoms with Crippen molar-refractivity contribution in [2.45, 2.75) is 39.8 Å². The number of carbonyl (C=O) groups excluding carboxylic acids is 1. The molecule has 1 heterocycles. The second kappa shape index (κ2) is 7.09. The number of aliphatic hydroxyl groups excluding tert-OH is 1. The lowest BCUT2D eigenvalue weighted by atomic mass is 10.1. The van der Waals surface area contributed by atoms with Gasteiger partial charge in [0.05, 0.1) is 12.6 Å². The fraction of sp³-hybridized carbons (Fsp3) is 0.571. The Bertz CT molecular complexity index is 419. The SMILES string of the molecule is CCN(CC(=O)NC(C)C)c1ncccc1C(C)O. The Balaban J connectivity index is 2.88. The van der Waals surface area contributed by atoms with E-state index in [0.717, 1.165) is 5.56 Å². The van der Waals surface area contributed by atoms with Gasteiger partial charge in [0.25, 0.3) is 0 Å². The summed E-state index contributed by atoms with van der Waals surface area (Å²) in [5.74, 6) is 0.623. The second-order valence-corrected chi connectivity index (χ2v) is 4.83. The standard InChI is InChI=1S/C14H23N3O2/c1-5-17(9-13(19)16-10(2)3)14-12(11(4)18)7-6-8-15-14/h6-8,10-11,18H,5,9H2,1-4H3,(H,16,19). The summed E-state index contributed by atoms with van der Waals surface area (Å²) in [5.41, 5.74) is 0.738. The van der Waals surface area contributed by atoms with Gasteiger partial charge in [-0.25, -0.2) is 4.98 Å². The molecule has 0 spiro atoms. The lowest BCUT2D eigenvalue weighted by molar-refractivity contribution is -0.120. The van der Waals surface area contributed by atoms with Crippen molar-refractivity contribution in [3.63, 3.8) is 0 Å². The van der Waals surface area contributed by atoms with Gasteiger partial charge in [-0.2, -0.15) is 0 Å². The molecule has 1 unspecified atom stereocenters. The van der Waals surface area contributed by atoms with Gasteiger partial charge < -0.3 is 15.3 Å². The van der Waals surface area contributed by atoms with Gasteiger partial charge in [0.2, 0.25) is 5.91 Å². The van der Waals surface area contributed by atoms with Crippen LogP contribution >= 0.6 is 0 Å². The van der Waals surface area contributed by atoms with Crippen LogP contribution in [0.2, 0.25) is 0 Å². The number of carbonyl (C=O) groups is 1. The molecule has 1 rings (SSSR count). The Morgan fingerprint density at radius 2 is 2.16 bits per heavy atom. The summed E-state index contributed by atoms with van der Waals surface area (Å²) in [6.45, 7) is 8.41. The normalized spacial score (nSPS) is 12.3. The fourth-order valence-corrected chi connectivity index (χ4v) is 1.88. The van der Waals surface area contributed by atoms with E-state index in [9.17, 15) is 9.90 Å². The van der Waals surface area contributed by atoms with Crippen molar-refractivity contribution in [1.82, 2.24) is 10.3 Å². The zero-order valence-corrected chi connectivity index (χ0v) is 12.1. The number of anilines is 1. The van der Waals surface area contributed by atoms with Gasteiger partial charge in [0.1, 0.15) is 5.82 Å². The molecule has 106 valence electrons. The molecular formula is C14H23N3O2. The first-order valence-corrected chi connectivity index (χ1v) is 6.63. The topological polar surface area (TPSA) is 65.5 Å². The highest BCUT2D eigenvalue weighted by molar-refractivity contribution is 5.81. The van der Waals surface area contributed by atoms with E-state index < -0.39 is 6.10 Å². The number of pyridine rings is 1. The predicted molar refractivity (Wildman–Crippen MR) is 76.0 cm³/mol. The quantitative estimate of drug-likeness (QED) is 0.818. The highest BCUT2D eigenvalue weighted by Gasteiger charge is 2.17. The van der Waals surface area contributed by atoms with Gasteiger partial charge in [-0.3, -0.25) is 4.79 Å². The third-order valence-electron chi connectivity index (χ3n) is 2.73. The minimum atomic E-state index is -0.606. The number of hydrogen-bond acceptors (Lipinski definition) is 4. The van der Waals surface area contributed by atoms with Crippen LogP contribution in [0, 0.1) is 0 Å². The number of nitrogens with one attached hydrogen (secondary N) is 1. The van der Waals surface area contributed by atoms with Crippen LogP contribution in [0.5, 0.6) is 0 Å². The highest BCUT2D eigenvalue weighted by Crippen LogP contribution is 2.23. The molecule has 0 aromatic carbocycles. The maximum absolute atomic E-state index is 11.8. The van der Waals surface area contributed by atoms with Crippen LogP contribution in [0.25, 0.3) is 0 Å². The van der Waals surface area contributed by atoms with Crippen LogP contribution in [0.3, 0.4) is 0 Å². The molecule has 5 heteroatoms. The summed E-state index contributed by atoms with van der Waals surface area (Å²) >= 11 is 0. The molecule has 0 saturated carbocycles. The molecule has 0 fully saturated rings. The summed E-state index contributed by atoms with van der Waals surface area (Å²) in [7, 11) is 0. The largest absolute Gasteiger partial charge is 0.389 e. The Hall–Kier alpha value is -1.62. The van der Waals surface area contributed by atoms with Crippen molar-refractivity contribution in [3.05, 3.63) is 23.9 Å². The molecule has 19 heavy (non-hydrogen) atoms. The van der Waals surface area contributed by atoms with Crippen molar-refractivity contribution < 1.29 is 9.90 Å². The van der Waals surface area contributed by atoms with E-state index >= 15 is 0 Å². The minimum Gasteiger partial charge on any atom is -0.389 e. The first kappa shape index (κ1) is 15.4. The van der Waals surface area contributed by atoms with Crippen molar-refractivity contribution in [3.8, 4) is 0 Å². The maximum Gasteiger partial charge on any atom is 0.239 e. The number of nitrogens with zero attached hydrogens (tertiary/aromatic N) is 2. The third-order valence-corrected chi connectivity index (χ3v) is 2.73. The van der Waals surface area contributed by atoms with Gasteiger partial charge >= 0.3 is 0 Å². The van der Waals surface area contributed by atoms with E-state index in [0.29, 0.717) is 12.4 Å². The second-order valence-electron chi connectivity index (χ2n) is 4.83. The monoisotopic (exact) mass is 265 g/mol. The average molecular weight is 265 g/mol. The molecule has 1 aromatic heterocycles. The molecule has 0 bridgehead atoms. The van der Waals surface area contributed by atoms with E-state index in [-0.39, 0.29) is 18.5 Å². The summed E-state index contributed by atoms with van der Waals surface area (Å²) < 4.78 is 0. The molecular weight excluding hydrogens is 242 g/mol. The number of likely N-dealkylation sites (N-methyl/N-ethyl adjacent to an activating group) is 1. The Kier molecular flexibility index (Phi) is 5.76. The number of amides is 1. The summed E-state index contributed by atoms with van der Waals surface area (Å²) in [5, 5.41) is 12.6. The Labute approximate surface area is 114 Å². The maximum atomic E-state index is 11.8. The first-order chi connectivity index (χ1) is 8.95. The predicted octanol–water partition coefficient (Wildman–Crippen LogP) is 1.49. The van der Waals surface area contributed by atoms with Gasteiger partial charge in [-0.05, 0) is 33.8 Å². The molecule has 0 saturated heterocycles. The number of aliphatic hydroxyl groups is 1. The minimum absolute atomic E-state index is 0.0426. The van der Waals surface area contributed by atoms with Crippen LogP contribution in [-0.2, 0) is 4.79 Å². The highest BCUT2D eigenvalue weighted by atomic mass is 16.3. The smallest absolute Gasteiger partial charge is 0.239 e. The van der Waals surface area contributed by atoms with Gasteiger partial charge in [0.15, 0.2) is 0 Å². The van der Waals surface area contributed by atoms with Crippen molar-refractivity contribution in [2.75, 3.05) is 18.0 Å². The first-order valence-electron chi connectivity index (χ1n) is 6.63. The van der Waals surface area contributed by atoms with E-state index in [1.54, 1.807) is 19.2 Å². The van der Waals surface area contributed by atoms with Crippen molar-refractivity contribution >= 4 is 11.7 Å². The van der Waals surface area contributed by atoms with Gasteiger partial charge in [0, 0.05) is 24.3 Å².